The number of methoxy groups -OCH3 is 1. The minimum atomic E-state index is 0.224. The Balaban J connectivity index is 2.00. The Morgan fingerprint density at radius 1 is 1.59 bits per heavy atom. The van der Waals surface area contributed by atoms with E-state index in [1.54, 1.807) is 18.4 Å². The van der Waals surface area contributed by atoms with Crippen LogP contribution in [0, 0.1) is 6.92 Å². The summed E-state index contributed by atoms with van der Waals surface area (Å²) in [7, 11) is 1.72. The highest BCUT2D eigenvalue weighted by atomic mass is 32.1. The summed E-state index contributed by atoms with van der Waals surface area (Å²) in [6.07, 6.45) is 3.02. The third-order valence-corrected chi connectivity index (χ3v) is 3.38. The van der Waals surface area contributed by atoms with Crippen molar-refractivity contribution >= 4 is 11.3 Å². The van der Waals surface area contributed by atoms with Crippen molar-refractivity contribution in [2.75, 3.05) is 26.8 Å². The lowest BCUT2D eigenvalue weighted by molar-refractivity contribution is 0.190. The minimum absolute atomic E-state index is 0.224. The Kier molecular flexibility index (Phi) is 7.35. The third-order valence-electron chi connectivity index (χ3n) is 2.55. The summed E-state index contributed by atoms with van der Waals surface area (Å²) in [5.74, 6) is 0. The lowest BCUT2D eigenvalue weighted by atomic mass is 10.2. The standard InChI is InChI=1S/C12H23N3OS/c1-10-15-12(9-17-10)5-6-14-8-11(13)4-3-7-16-2/h9,11,14H,3-8,13H2,1-2H3. The van der Waals surface area contributed by atoms with Crippen LogP contribution >= 0.6 is 11.3 Å². The smallest absolute Gasteiger partial charge is 0.0897 e. The highest BCUT2D eigenvalue weighted by Crippen LogP contribution is 2.07. The van der Waals surface area contributed by atoms with Crippen LogP contribution in [0.25, 0.3) is 0 Å². The first-order valence-electron chi connectivity index (χ1n) is 6.08. The van der Waals surface area contributed by atoms with Gasteiger partial charge in [-0.25, -0.2) is 4.98 Å². The van der Waals surface area contributed by atoms with Crippen LogP contribution in [-0.4, -0.2) is 37.8 Å². The van der Waals surface area contributed by atoms with Crippen LogP contribution in [0.1, 0.15) is 23.5 Å². The predicted octanol–water partition coefficient (Wildman–Crippen LogP) is 1.34. The maximum atomic E-state index is 5.97. The number of rotatable bonds is 9. The van der Waals surface area contributed by atoms with Gasteiger partial charge in [-0.05, 0) is 19.8 Å². The quantitative estimate of drug-likeness (QED) is 0.655. The molecule has 1 unspecified atom stereocenters. The molecule has 4 nitrogen and oxygen atoms in total. The first-order chi connectivity index (χ1) is 8.22. The number of aromatic nitrogens is 1. The van der Waals surface area contributed by atoms with Crippen LogP contribution in [0.3, 0.4) is 0 Å². The molecule has 0 saturated heterocycles. The second-order valence-electron chi connectivity index (χ2n) is 4.21. The molecule has 1 rings (SSSR count). The van der Waals surface area contributed by atoms with E-state index in [1.165, 1.54) is 5.69 Å². The number of hydrogen-bond acceptors (Lipinski definition) is 5. The molecule has 5 heteroatoms. The summed E-state index contributed by atoms with van der Waals surface area (Å²) >= 11 is 1.70. The number of nitrogens with zero attached hydrogens (tertiary/aromatic N) is 1. The van der Waals surface area contributed by atoms with E-state index in [-0.39, 0.29) is 6.04 Å². The van der Waals surface area contributed by atoms with E-state index in [2.05, 4.69) is 15.7 Å². The Bertz CT molecular complexity index is 304. The van der Waals surface area contributed by atoms with E-state index >= 15 is 0 Å². The Labute approximate surface area is 108 Å². The van der Waals surface area contributed by atoms with Crippen molar-refractivity contribution in [3.05, 3.63) is 16.1 Å². The first kappa shape index (κ1) is 14.6. The number of thiazole rings is 1. The van der Waals surface area contributed by atoms with Crippen LogP contribution in [0.2, 0.25) is 0 Å². The van der Waals surface area contributed by atoms with Crippen molar-refractivity contribution in [1.82, 2.24) is 10.3 Å². The van der Waals surface area contributed by atoms with Gasteiger partial charge in [0.1, 0.15) is 0 Å². The normalized spacial score (nSPS) is 12.9. The number of aryl methyl sites for hydroxylation is 1. The van der Waals surface area contributed by atoms with Crippen LogP contribution in [-0.2, 0) is 11.2 Å². The van der Waals surface area contributed by atoms with Crippen molar-refractivity contribution < 1.29 is 4.74 Å². The molecule has 0 saturated carbocycles. The maximum Gasteiger partial charge on any atom is 0.0897 e. The molecule has 0 aliphatic rings. The number of ether oxygens (including phenoxy) is 1. The molecule has 0 radical (unpaired) electrons. The fourth-order valence-electron chi connectivity index (χ4n) is 1.62. The van der Waals surface area contributed by atoms with Gasteiger partial charge in [-0.1, -0.05) is 0 Å². The molecule has 98 valence electrons. The SMILES string of the molecule is COCCCC(N)CNCCc1csc(C)n1. The van der Waals surface area contributed by atoms with E-state index < -0.39 is 0 Å². The minimum Gasteiger partial charge on any atom is -0.385 e. The van der Waals surface area contributed by atoms with Gasteiger partial charge < -0.3 is 15.8 Å². The number of hydrogen-bond donors (Lipinski definition) is 2. The molecule has 1 heterocycles. The summed E-state index contributed by atoms with van der Waals surface area (Å²) < 4.78 is 4.99. The second-order valence-corrected chi connectivity index (χ2v) is 5.27. The lowest BCUT2D eigenvalue weighted by Gasteiger charge is -2.11. The number of nitrogens with one attached hydrogen (secondary N) is 1. The van der Waals surface area contributed by atoms with Crippen LogP contribution in [0.15, 0.2) is 5.38 Å². The van der Waals surface area contributed by atoms with Crippen molar-refractivity contribution in [3.8, 4) is 0 Å². The Morgan fingerprint density at radius 2 is 2.41 bits per heavy atom. The molecular weight excluding hydrogens is 234 g/mol. The van der Waals surface area contributed by atoms with Gasteiger partial charge in [-0.2, -0.15) is 0 Å². The summed E-state index contributed by atoms with van der Waals surface area (Å²) in [6, 6.07) is 0.224. The lowest BCUT2D eigenvalue weighted by Crippen LogP contribution is -2.35. The molecule has 0 fully saturated rings. The fraction of sp³-hybridized carbons (Fsp3) is 0.750. The van der Waals surface area contributed by atoms with Gasteiger partial charge in [0.05, 0.1) is 10.7 Å². The second kappa shape index (κ2) is 8.58. The molecule has 3 N–H and O–H groups in total. The topological polar surface area (TPSA) is 60.2 Å². The van der Waals surface area contributed by atoms with Gasteiger partial charge in [-0.3, -0.25) is 0 Å². The zero-order valence-corrected chi connectivity index (χ0v) is 11.6. The van der Waals surface area contributed by atoms with Crippen molar-refractivity contribution in [3.63, 3.8) is 0 Å². The molecule has 17 heavy (non-hydrogen) atoms. The van der Waals surface area contributed by atoms with Crippen molar-refractivity contribution in [2.24, 2.45) is 5.73 Å². The molecule has 1 aromatic heterocycles. The average Bonchev–Trinajstić information content (AvgIpc) is 2.71. The van der Waals surface area contributed by atoms with Gasteiger partial charge in [0, 0.05) is 44.6 Å². The summed E-state index contributed by atoms with van der Waals surface area (Å²) in [5, 5.41) is 6.62. The van der Waals surface area contributed by atoms with Gasteiger partial charge in [0.2, 0.25) is 0 Å². The monoisotopic (exact) mass is 257 g/mol. The number of nitrogens with two attached hydrogens (primary N) is 1. The van der Waals surface area contributed by atoms with Gasteiger partial charge in [0.25, 0.3) is 0 Å². The van der Waals surface area contributed by atoms with Crippen LogP contribution < -0.4 is 11.1 Å². The zero-order chi connectivity index (χ0) is 12.5. The van der Waals surface area contributed by atoms with Crippen LogP contribution in [0.4, 0.5) is 0 Å². The summed E-state index contributed by atoms with van der Waals surface area (Å²) in [5.41, 5.74) is 7.14. The molecule has 0 aromatic carbocycles. The molecular formula is C12H23N3OS. The van der Waals surface area contributed by atoms with E-state index in [9.17, 15) is 0 Å². The highest BCUT2D eigenvalue weighted by Gasteiger charge is 2.02. The van der Waals surface area contributed by atoms with Gasteiger partial charge >= 0.3 is 0 Å². The third kappa shape index (κ3) is 6.73. The summed E-state index contributed by atoms with van der Waals surface area (Å²) in [4.78, 5) is 4.42. The van der Waals surface area contributed by atoms with E-state index in [4.69, 9.17) is 10.5 Å². The molecule has 1 aromatic rings. The Hall–Kier alpha value is -0.490. The van der Waals surface area contributed by atoms with Crippen molar-refractivity contribution in [2.45, 2.75) is 32.2 Å². The predicted molar refractivity (Wildman–Crippen MR) is 72.5 cm³/mol. The van der Waals surface area contributed by atoms with E-state index in [0.29, 0.717) is 0 Å². The highest BCUT2D eigenvalue weighted by molar-refractivity contribution is 7.09. The molecule has 1 atom stereocenters. The average molecular weight is 257 g/mol. The van der Waals surface area contributed by atoms with Gasteiger partial charge in [-0.15, -0.1) is 11.3 Å². The fourth-order valence-corrected chi connectivity index (χ4v) is 2.27. The molecule has 0 aliphatic carbocycles. The Morgan fingerprint density at radius 3 is 3.06 bits per heavy atom. The molecule has 0 bridgehead atoms. The zero-order valence-electron chi connectivity index (χ0n) is 10.7. The molecule has 0 spiro atoms. The first-order valence-corrected chi connectivity index (χ1v) is 6.96. The van der Waals surface area contributed by atoms with Crippen LogP contribution in [0.5, 0.6) is 0 Å². The van der Waals surface area contributed by atoms with Gasteiger partial charge in [0.15, 0.2) is 0 Å². The largest absolute Gasteiger partial charge is 0.385 e. The molecule has 0 amide bonds. The van der Waals surface area contributed by atoms with E-state index in [1.807, 2.05) is 6.92 Å². The maximum absolute atomic E-state index is 5.97. The van der Waals surface area contributed by atoms with E-state index in [0.717, 1.165) is 44.0 Å². The molecule has 0 aliphatic heterocycles. The summed E-state index contributed by atoms with van der Waals surface area (Å²) in [6.45, 7) is 4.65. The van der Waals surface area contributed by atoms with Crippen molar-refractivity contribution in [1.29, 1.82) is 0 Å².